The fraction of sp³-hybridized carbons (Fsp3) is 0.962. The summed E-state index contributed by atoms with van der Waals surface area (Å²) in [6, 6.07) is 0. The molecule has 0 aliphatic rings. The van der Waals surface area contributed by atoms with Crippen LogP contribution in [0.15, 0.2) is 0 Å². The Morgan fingerprint density at radius 3 is 0.875 bits per heavy atom. The molecule has 4 nitrogen and oxygen atoms in total. The summed E-state index contributed by atoms with van der Waals surface area (Å²) in [5.74, 6) is 0. The number of hydrogen-bond donors (Lipinski definition) is 3. The van der Waals surface area contributed by atoms with Gasteiger partial charge in [0.05, 0.1) is 0 Å². The van der Waals surface area contributed by atoms with Crippen LogP contribution in [0, 0.1) is 6.42 Å². The van der Waals surface area contributed by atoms with Gasteiger partial charge in [-0.15, -0.1) is 0 Å². The van der Waals surface area contributed by atoms with Gasteiger partial charge in [-0.1, -0.05) is 149 Å². The van der Waals surface area contributed by atoms with Crippen molar-refractivity contribution >= 4 is 7.82 Å². The van der Waals surface area contributed by atoms with Crippen LogP contribution >= 0.6 is 7.82 Å². The van der Waals surface area contributed by atoms with E-state index in [1.807, 2.05) is 0 Å². The van der Waals surface area contributed by atoms with Gasteiger partial charge < -0.3 is 21.1 Å². The number of rotatable bonds is 23. The van der Waals surface area contributed by atoms with Crippen molar-refractivity contribution in [2.45, 2.75) is 162 Å². The van der Waals surface area contributed by atoms with Crippen LogP contribution in [0.3, 0.4) is 0 Å². The van der Waals surface area contributed by atoms with E-state index in [0.29, 0.717) is 0 Å². The van der Waals surface area contributed by atoms with E-state index in [0.717, 1.165) is 0 Å². The fourth-order valence-corrected chi connectivity index (χ4v) is 3.87. The van der Waals surface area contributed by atoms with Crippen LogP contribution in [0.1, 0.15) is 162 Å². The van der Waals surface area contributed by atoms with Gasteiger partial charge in [0, 0.05) is 0 Å². The van der Waals surface area contributed by atoms with E-state index >= 15 is 0 Å². The van der Waals surface area contributed by atoms with Crippen molar-refractivity contribution < 1.29 is 70.6 Å². The van der Waals surface area contributed by atoms with Crippen LogP contribution in [0.2, 0.25) is 0 Å². The van der Waals surface area contributed by atoms with Crippen LogP contribution in [0.4, 0.5) is 0 Å². The van der Waals surface area contributed by atoms with Gasteiger partial charge in [0.15, 0.2) is 0 Å². The molecule has 0 heterocycles. The maximum atomic E-state index is 8.88. The third kappa shape index (κ3) is 49.0. The Bertz CT molecular complexity index is 331. The van der Waals surface area contributed by atoms with Gasteiger partial charge in [-0.05, 0) is 0 Å². The average molecular weight is 503 g/mol. The molecule has 0 radical (unpaired) electrons. The van der Waals surface area contributed by atoms with Crippen LogP contribution in [-0.4, -0.2) is 14.7 Å². The Kier molecular flexibility index (Phi) is 39.2. The smallest absolute Gasteiger partial charge is 0.328 e. The second kappa shape index (κ2) is 32.7. The minimum atomic E-state index is -4.64. The van der Waals surface area contributed by atoms with Gasteiger partial charge >= 0.3 is 59.2 Å². The summed E-state index contributed by atoms with van der Waals surface area (Å²) in [5, 5.41) is 0. The molecule has 0 fully saturated rings. The first-order chi connectivity index (χ1) is 14.9. The van der Waals surface area contributed by atoms with Crippen molar-refractivity contribution in [1.82, 2.24) is 0 Å². The first kappa shape index (κ1) is 38.3. The van der Waals surface area contributed by atoms with Crippen LogP contribution in [0.25, 0.3) is 0 Å². The van der Waals surface area contributed by atoms with E-state index in [4.69, 9.17) is 19.2 Å². The molecule has 0 aromatic carbocycles. The molecule has 0 aliphatic carbocycles. The van der Waals surface area contributed by atoms with Crippen molar-refractivity contribution in [3.63, 3.8) is 0 Å². The van der Waals surface area contributed by atoms with Gasteiger partial charge in [-0.3, -0.25) is 0 Å². The predicted molar refractivity (Wildman–Crippen MR) is 136 cm³/mol. The molecule has 0 spiro atoms. The zero-order valence-electron chi connectivity index (χ0n) is 22.0. The van der Waals surface area contributed by atoms with Crippen LogP contribution in [-0.2, 0) is 4.57 Å². The Labute approximate surface area is 244 Å². The molecule has 0 aromatic rings. The molecule has 0 aromatic heterocycles. The minimum absolute atomic E-state index is 0. The molecule has 3 N–H and O–H groups in total. The van der Waals surface area contributed by atoms with Crippen molar-refractivity contribution in [3.8, 4) is 0 Å². The van der Waals surface area contributed by atoms with E-state index in [-0.39, 0.29) is 51.4 Å². The van der Waals surface area contributed by atoms with Gasteiger partial charge in [0.25, 0.3) is 0 Å². The summed E-state index contributed by atoms with van der Waals surface area (Å²) in [5.41, 5.74) is 0. The van der Waals surface area contributed by atoms with E-state index in [9.17, 15) is 0 Å². The fourth-order valence-electron chi connectivity index (χ4n) is 3.87. The van der Waals surface area contributed by atoms with Crippen LogP contribution < -0.4 is 51.4 Å². The Morgan fingerprint density at radius 2 is 0.656 bits per heavy atom. The third-order valence-corrected chi connectivity index (χ3v) is 5.77. The molecular weight excluding hydrogens is 446 g/mol. The number of hydrogen-bond acceptors (Lipinski definition) is 1. The average Bonchev–Trinajstić information content (AvgIpc) is 2.70. The molecule has 0 unspecified atom stereocenters. The number of unbranched alkanes of at least 4 members (excludes halogenated alkanes) is 23. The van der Waals surface area contributed by atoms with Gasteiger partial charge in [-0.25, -0.2) is 4.57 Å². The molecular formula is C26H56KO4P. The van der Waals surface area contributed by atoms with E-state index in [1.54, 1.807) is 0 Å². The Morgan fingerprint density at radius 1 is 0.469 bits per heavy atom. The van der Waals surface area contributed by atoms with Crippen molar-refractivity contribution in [1.29, 1.82) is 0 Å². The Hall–Kier alpha value is 1.75. The van der Waals surface area contributed by atoms with Gasteiger partial charge in [-0.2, -0.15) is 12.8 Å². The zero-order chi connectivity index (χ0) is 23.5. The maximum Gasteiger partial charge on any atom is 1.00 e. The predicted octanol–water partition coefficient (Wildman–Crippen LogP) is 6.28. The SMILES string of the molecule is CCCCCCCCCCCC[CH-]CCCCCCCCCCCCC.O=P(O)(O)O.[K+]. The van der Waals surface area contributed by atoms with E-state index in [2.05, 4.69) is 20.3 Å². The molecule has 0 saturated heterocycles. The van der Waals surface area contributed by atoms with E-state index in [1.165, 1.54) is 148 Å². The molecule has 0 atom stereocenters. The van der Waals surface area contributed by atoms with Crippen LogP contribution in [0.5, 0.6) is 0 Å². The standard InChI is InChI=1S/C26H53.K.H3O4P/c1-3-5-7-9-11-13-15-17-19-21-23-25-26-24-22-20-18-16-14-12-10-8-6-4-2;;1-5(2,3)4/h25H,3-24,26H2,1-2H3;;(H3,1,2,3,4)/q-1;+1;. The summed E-state index contributed by atoms with van der Waals surface area (Å²) >= 11 is 0. The minimum Gasteiger partial charge on any atom is -0.328 e. The van der Waals surface area contributed by atoms with Crippen molar-refractivity contribution in [3.05, 3.63) is 6.42 Å². The summed E-state index contributed by atoms with van der Waals surface area (Å²) in [4.78, 5) is 21.6. The second-order valence-corrected chi connectivity index (χ2v) is 10.1. The van der Waals surface area contributed by atoms with E-state index < -0.39 is 7.82 Å². The molecule has 0 saturated carbocycles. The summed E-state index contributed by atoms with van der Waals surface area (Å²) < 4.78 is 8.88. The molecule has 190 valence electrons. The summed E-state index contributed by atoms with van der Waals surface area (Å²) in [6.45, 7) is 4.60. The number of phosphoric acid groups is 1. The second-order valence-electron chi connectivity index (χ2n) is 9.10. The Balaban J connectivity index is -0.00000125. The molecule has 32 heavy (non-hydrogen) atoms. The third-order valence-electron chi connectivity index (χ3n) is 5.77. The molecule has 0 rings (SSSR count). The quantitative estimate of drug-likeness (QED) is 0.0665. The van der Waals surface area contributed by atoms with Gasteiger partial charge in [0.1, 0.15) is 0 Å². The molecule has 6 heteroatoms. The summed E-state index contributed by atoms with van der Waals surface area (Å²) in [6.07, 6.45) is 35.9. The zero-order valence-corrected chi connectivity index (χ0v) is 26.1. The first-order valence-electron chi connectivity index (χ1n) is 13.5. The first-order valence-corrected chi connectivity index (χ1v) is 15.1. The molecule has 0 bridgehead atoms. The molecule has 0 aliphatic heterocycles. The molecule has 0 amide bonds. The van der Waals surface area contributed by atoms with Crippen molar-refractivity contribution in [2.24, 2.45) is 0 Å². The summed E-state index contributed by atoms with van der Waals surface area (Å²) in [7, 11) is -4.64. The topological polar surface area (TPSA) is 77.8 Å². The normalized spacial score (nSPS) is 11.0. The maximum absolute atomic E-state index is 8.88. The monoisotopic (exact) mass is 502 g/mol. The van der Waals surface area contributed by atoms with Crippen molar-refractivity contribution in [2.75, 3.05) is 0 Å². The largest absolute Gasteiger partial charge is 1.00 e. The van der Waals surface area contributed by atoms with Gasteiger partial charge in [0.2, 0.25) is 0 Å².